The van der Waals surface area contributed by atoms with Gasteiger partial charge in [-0.25, -0.2) is 0 Å². The van der Waals surface area contributed by atoms with E-state index in [1.54, 1.807) is 0 Å². The summed E-state index contributed by atoms with van der Waals surface area (Å²) in [5.41, 5.74) is 6.49. The lowest BCUT2D eigenvalue weighted by Crippen LogP contribution is -1.91. The fourth-order valence-electron chi connectivity index (χ4n) is 7.30. The maximum Gasteiger partial charge on any atom is -0.00206 e. The summed E-state index contributed by atoms with van der Waals surface area (Å²) in [6, 6.07) is 52.3. The van der Waals surface area contributed by atoms with Crippen molar-refractivity contribution in [2.45, 2.75) is 19.8 Å². The number of hydrogen-bond donors (Lipinski definition) is 0. The Morgan fingerprint density at radius 2 is 0.930 bits per heavy atom. The molecule has 0 radical (unpaired) electrons. The summed E-state index contributed by atoms with van der Waals surface area (Å²) in [4.78, 5) is 0. The zero-order chi connectivity index (χ0) is 28.7. The van der Waals surface area contributed by atoms with E-state index in [4.69, 9.17) is 0 Å². The van der Waals surface area contributed by atoms with Gasteiger partial charge >= 0.3 is 0 Å². The number of benzene rings is 9. The molecule has 0 saturated heterocycles. The van der Waals surface area contributed by atoms with E-state index in [2.05, 4.69) is 153 Å². The summed E-state index contributed by atoms with van der Waals surface area (Å²) in [5.74, 6) is 0.510. The fourth-order valence-corrected chi connectivity index (χ4v) is 7.30. The van der Waals surface area contributed by atoms with Gasteiger partial charge in [0.15, 0.2) is 0 Å². The second kappa shape index (κ2) is 9.15. The standard InChI is InChI=1S/C43H30/c1-26(2)35-23-33-16-11-27-17-19-37(40-20-18-34(24-35)42(33)43(27)40)31-14-12-29-22-32(15-13-28(29)21-31)41-25-30-7-3-4-8-36(30)38-9-5-6-10-39(38)41/h3-26H,1-2H3. The van der Waals surface area contributed by atoms with Crippen molar-refractivity contribution < 1.29 is 0 Å². The van der Waals surface area contributed by atoms with Crippen LogP contribution in [0, 0.1) is 0 Å². The first-order valence-corrected chi connectivity index (χ1v) is 15.3. The van der Waals surface area contributed by atoms with Crippen LogP contribution in [0.15, 0.2) is 140 Å². The SMILES string of the molecule is CC(C)c1cc2ccc3ccc(-c4ccc5cc(-c6cc7ccccc7c7ccccc67)ccc5c4)c4ccc(c1)c2c34. The molecule has 0 unspecified atom stereocenters. The van der Waals surface area contributed by atoms with Gasteiger partial charge in [0.2, 0.25) is 0 Å². The van der Waals surface area contributed by atoms with Crippen LogP contribution in [0.25, 0.3) is 86.9 Å². The van der Waals surface area contributed by atoms with E-state index >= 15 is 0 Å². The van der Waals surface area contributed by atoms with Crippen LogP contribution in [0.5, 0.6) is 0 Å². The first-order chi connectivity index (χ1) is 21.1. The van der Waals surface area contributed by atoms with Crippen LogP contribution in [-0.2, 0) is 0 Å². The Morgan fingerprint density at radius 3 is 1.67 bits per heavy atom. The van der Waals surface area contributed by atoms with Crippen molar-refractivity contribution in [1.29, 1.82) is 0 Å². The Kier molecular flexibility index (Phi) is 5.19. The highest BCUT2D eigenvalue weighted by Crippen LogP contribution is 2.41. The van der Waals surface area contributed by atoms with E-state index in [0.29, 0.717) is 5.92 Å². The van der Waals surface area contributed by atoms with Gasteiger partial charge in [-0.2, -0.15) is 0 Å². The van der Waals surface area contributed by atoms with Gasteiger partial charge in [0, 0.05) is 0 Å². The van der Waals surface area contributed by atoms with Crippen molar-refractivity contribution in [2.75, 3.05) is 0 Å². The second-order valence-corrected chi connectivity index (χ2v) is 12.4. The number of rotatable bonds is 3. The lowest BCUT2D eigenvalue weighted by atomic mass is 9.87. The molecule has 0 nitrogen and oxygen atoms in total. The first kappa shape index (κ1) is 24.4. The molecule has 0 aliphatic heterocycles. The smallest absolute Gasteiger partial charge is 0.00206 e. The van der Waals surface area contributed by atoms with Gasteiger partial charge < -0.3 is 0 Å². The average molecular weight is 547 g/mol. The predicted molar refractivity (Wildman–Crippen MR) is 188 cm³/mol. The molecule has 0 fully saturated rings. The molecule has 202 valence electrons. The van der Waals surface area contributed by atoms with Crippen molar-refractivity contribution in [2.24, 2.45) is 0 Å². The summed E-state index contributed by atoms with van der Waals surface area (Å²) in [5, 5.41) is 15.8. The van der Waals surface area contributed by atoms with Crippen molar-refractivity contribution in [3.63, 3.8) is 0 Å². The van der Waals surface area contributed by atoms with Crippen molar-refractivity contribution in [1.82, 2.24) is 0 Å². The summed E-state index contributed by atoms with van der Waals surface area (Å²) >= 11 is 0. The molecule has 0 N–H and O–H groups in total. The minimum absolute atomic E-state index is 0.510. The summed E-state index contributed by atoms with van der Waals surface area (Å²) in [7, 11) is 0. The zero-order valence-electron chi connectivity index (χ0n) is 24.4. The van der Waals surface area contributed by atoms with Gasteiger partial charge in [-0.3, -0.25) is 0 Å². The van der Waals surface area contributed by atoms with Gasteiger partial charge in [0.1, 0.15) is 0 Å². The Labute approximate surface area is 251 Å². The monoisotopic (exact) mass is 546 g/mol. The lowest BCUT2D eigenvalue weighted by molar-refractivity contribution is 0.870. The largest absolute Gasteiger partial charge is 0.0616 e. The molecule has 0 bridgehead atoms. The molecule has 0 spiro atoms. The van der Waals surface area contributed by atoms with E-state index in [9.17, 15) is 0 Å². The Hall–Kier alpha value is -5.20. The van der Waals surface area contributed by atoms with E-state index in [-0.39, 0.29) is 0 Å². The Bertz CT molecular complexity index is 2510. The highest BCUT2D eigenvalue weighted by atomic mass is 14.2. The van der Waals surface area contributed by atoms with Crippen molar-refractivity contribution in [3.05, 3.63) is 145 Å². The zero-order valence-corrected chi connectivity index (χ0v) is 24.4. The quantitative estimate of drug-likeness (QED) is 0.193. The highest BCUT2D eigenvalue weighted by molar-refractivity contribution is 6.25. The maximum absolute atomic E-state index is 2.38. The highest BCUT2D eigenvalue weighted by Gasteiger charge is 2.15. The minimum atomic E-state index is 0.510. The van der Waals surface area contributed by atoms with Crippen LogP contribution in [-0.4, -0.2) is 0 Å². The molecule has 0 aliphatic carbocycles. The van der Waals surface area contributed by atoms with Crippen LogP contribution in [0.4, 0.5) is 0 Å². The summed E-state index contributed by atoms with van der Waals surface area (Å²) in [6.07, 6.45) is 0. The number of hydrogen-bond acceptors (Lipinski definition) is 0. The summed E-state index contributed by atoms with van der Waals surface area (Å²) < 4.78 is 0. The third kappa shape index (κ3) is 3.70. The molecule has 0 heterocycles. The van der Waals surface area contributed by atoms with E-state index in [0.717, 1.165) is 0 Å². The van der Waals surface area contributed by atoms with Gasteiger partial charge in [-0.1, -0.05) is 135 Å². The second-order valence-electron chi connectivity index (χ2n) is 12.4. The topological polar surface area (TPSA) is 0 Å². The van der Waals surface area contributed by atoms with Crippen LogP contribution in [0.3, 0.4) is 0 Å². The van der Waals surface area contributed by atoms with E-state index in [1.807, 2.05) is 0 Å². The fraction of sp³-hybridized carbons (Fsp3) is 0.0698. The van der Waals surface area contributed by atoms with Gasteiger partial charge in [-0.15, -0.1) is 0 Å². The Balaban J connectivity index is 1.20. The molecule has 9 rings (SSSR count). The molecule has 0 aromatic heterocycles. The van der Waals surface area contributed by atoms with Crippen LogP contribution >= 0.6 is 0 Å². The molecule has 9 aromatic carbocycles. The van der Waals surface area contributed by atoms with E-state index < -0.39 is 0 Å². The van der Waals surface area contributed by atoms with Crippen molar-refractivity contribution in [3.8, 4) is 22.3 Å². The first-order valence-electron chi connectivity index (χ1n) is 15.3. The average Bonchev–Trinajstić information content (AvgIpc) is 3.06. The molecule has 0 heteroatoms. The molecule has 0 amide bonds. The van der Waals surface area contributed by atoms with Crippen LogP contribution < -0.4 is 0 Å². The normalized spacial score (nSPS) is 12.2. The lowest BCUT2D eigenvalue weighted by Gasteiger charge is -2.16. The molecule has 43 heavy (non-hydrogen) atoms. The van der Waals surface area contributed by atoms with Gasteiger partial charge in [-0.05, 0) is 117 Å². The third-order valence-electron chi connectivity index (χ3n) is 9.52. The molecular formula is C43H30. The van der Waals surface area contributed by atoms with Crippen LogP contribution in [0.1, 0.15) is 25.3 Å². The van der Waals surface area contributed by atoms with Crippen LogP contribution in [0.2, 0.25) is 0 Å². The minimum Gasteiger partial charge on any atom is -0.0616 e. The van der Waals surface area contributed by atoms with Gasteiger partial charge in [0.05, 0.1) is 0 Å². The molecular weight excluding hydrogens is 516 g/mol. The number of fused-ring (bicyclic) bond motifs is 4. The van der Waals surface area contributed by atoms with Crippen molar-refractivity contribution >= 4 is 64.6 Å². The van der Waals surface area contributed by atoms with Gasteiger partial charge in [0.25, 0.3) is 0 Å². The summed E-state index contributed by atoms with van der Waals surface area (Å²) in [6.45, 7) is 4.55. The predicted octanol–water partition coefficient (Wildman–Crippen LogP) is 12.5. The maximum atomic E-state index is 2.38. The van der Waals surface area contributed by atoms with E-state index in [1.165, 1.54) is 92.5 Å². The third-order valence-corrected chi connectivity index (χ3v) is 9.52. The molecule has 9 aromatic rings. The Morgan fingerprint density at radius 1 is 0.349 bits per heavy atom. The molecule has 0 saturated carbocycles. The molecule has 0 atom stereocenters. The molecule has 0 aliphatic rings.